The van der Waals surface area contributed by atoms with E-state index in [-0.39, 0.29) is 0 Å². The number of carboxylic acid groups (broad SMARTS) is 2. The Bertz CT molecular complexity index is 123. The van der Waals surface area contributed by atoms with Crippen molar-refractivity contribution in [2.24, 2.45) is 0 Å². The van der Waals surface area contributed by atoms with Gasteiger partial charge in [0, 0.05) is 0 Å². The van der Waals surface area contributed by atoms with Crippen LogP contribution in [-0.4, -0.2) is 28.8 Å². The molecule has 0 spiro atoms. The SMILES string of the molecule is CC=C(CBr)OC.O=C(O)O. The summed E-state index contributed by atoms with van der Waals surface area (Å²) in [7, 11) is 1.66. The van der Waals surface area contributed by atoms with Crippen molar-refractivity contribution in [1.82, 2.24) is 0 Å². The Kier molecular flexibility index (Phi) is 10.9. The molecule has 0 bridgehead atoms. The van der Waals surface area contributed by atoms with Crippen LogP contribution in [0.2, 0.25) is 0 Å². The van der Waals surface area contributed by atoms with Crippen molar-refractivity contribution in [2.45, 2.75) is 6.92 Å². The van der Waals surface area contributed by atoms with E-state index < -0.39 is 6.16 Å². The first-order valence-corrected chi connectivity index (χ1v) is 3.87. The van der Waals surface area contributed by atoms with E-state index in [1.807, 2.05) is 13.0 Å². The van der Waals surface area contributed by atoms with Crippen molar-refractivity contribution in [3.05, 3.63) is 11.8 Å². The number of ether oxygens (including phenoxy) is 1. The van der Waals surface area contributed by atoms with E-state index in [2.05, 4.69) is 15.9 Å². The largest absolute Gasteiger partial charge is 0.503 e. The molecule has 0 atom stereocenters. The van der Waals surface area contributed by atoms with E-state index in [4.69, 9.17) is 19.7 Å². The highest BCUT2D eigenvalue weighted by atomic mass is 79.9. The molecular weight excluding hydrogens is 216 g/mol. The molecule has 11 heavy (non-hydrogen) atoms. The van der Waals surface area contributed by atoms with Crippen LogP contribution >= 0.6 is 15.9 Å². The number of alkyl halides is 1. The first kappa shape index (κ1) is 12.9. The van der Waals surface area contributed by atoms with E-state index in [9.17, 15) is 0 Å². The van der Waals surface area contributed by atoms with Gasteiger partial charge in [0.15, 0.2) is 0 Å². The summed E-state index contributed by atoms with van der Waals surface area (Å²) in [6, 6.07) is 0. The molecule has 0 saturated carbocycles. The number of allylic oxidation sites excluding steroid dienone is 2. The van der Waals surface area contributed by atoms with Crippen LogP contribution in [0.1, 0.15) is 6.92 Å². The maximum atomic E-state index is 8.56. The third-order valence-corrected chi connectivity index (χ3v) is 1.27. The summed E-state index contributed by atoms with van der Waals surface area (Å²) in [6.07, 6.45) is 0.0920. The normalized spacial score (nSPS) is 9.55. The van der Waals surface area contributed by atoms with Crippen LogP contribution in [0.15, 0.2) is 11.8 Å². The first-order valence-electron chi connectivity index (χ1n) is 2.75. The fraction of sp³-hybridized carbons (Fsp3) is 0.500. The molecule has 0 aliphatic carbocycles. The van der Waals surface area contributed by atoms with Crippen LogP contribution in [0.5, 0.6) is 0 Å². The number of methoxy groups -OCH3 is 1. The Balaban J connectivity index is 0. The molecule has 0 aliphatic rings. The molecule has 66 valence electrons. The third-order valence-electron chi connectivity index (χ3n) is 0.716. The van der Waals surface area contributed by atoms with Gasteiger partial charge in [-0.15, -0.1) is 0 Å². The topological polar surface area (TPSA) is 66.8 Å². The van der Waals surface area contributed by atoms with Crippen LogP contribution in [0, 0.1) is 0 Å². The molecule has 5 heteroatoms. The Labute approximate surface area is 73.6 Å². The van der Waals surface area contributed by atoms with Gasteiger partial charge >= 0.3 is 6.16 Å². The molecule has 0 amide bonds. The fourth-order valence-corrected chi connectivity index (χ4v) is 0.802. The number of halogens is 1. The average molecular weight is 227 g/mol. The van der Waals surface area contributed by atoms with Gasteiger partial charge in [0.05, 0.1) is 12.4 Å². The molecule has 0 saturated heterocycles. The average Bonchev–Trinajstić information content (AvgIpc) is 1.90. The van der Waals surface area contributed by atoms with Gasteiger partial charge < -0.3 is 14.9 Å². The lowest BCUT2D eigenvalue weighted by Gasteiger charge is -1.96. The fourth-order valence-electron chi connectivity index (χ4n) is 0.250. The van der Waals surface area contributed by atoms with Gasteiger partial charge in [0.1, 0.15) is 5.76 Å². The molecule has 0 rings (SSSR count). The van der Waals surface area contributed by atoms with Crippen molar-refractivity contribution in [3.63, 3.8) is 0 Å². The van der Waals surface area contributed by atoms with E-state index in [0.29, 0.717) is 0 Å². The van der Waals surface area contributed by atoms with Crippen LogP contribution in [-0.2, 0) is 4.74 Å². The maximum Gasteiger partial charge on any atom is 0.503 e. The summed E-state index contributed by atoms with van der Waals surface area (Å²) in [5, 5.41) is 14.8. The van der Waals surface area contributed by atoms with Crippen LogP contribution in [0.4, 0.5) is 4.79 Å². The second-order valence-corrected chi connectivity index (χ2v) is 1.94. The summed E-state index contributed by atoms with van der Waals surface area (Å²) in [4.78, 5) is 8.56. The zero-order valence-corrected chi connectivity index (χ0v) is 7.96. The molecule has 0 fully saturated rings. The van der Waals surface area contributed by atoms with Crippen molar-refractivity contribution in [1.29, 1.82) is 0 Å². The minimum atomic E-state index is -1.83. The van der Waals surface area contributed by atoms with Gasteiger partial charge in [-0.3, -0.25) is 0 Å². The summed E-state index contributed by atoms with van der Waals surface area (Å²) < 4.78 is 4.86. The lowest BCUT2D eigenvalue weighted by Crippen LogP contribution is -1.84. The second-order valence-electron chi connectivity index (χ2n) is 1.38. The van der Waals surface area contributed by atoms with Crippen molar-refractivity contribution in [3.8, 4) is 0 Å². The Morgan fingerprint density at radius 3 is 2.00 bits per heavy atom. The van der Waals surface area contributed by atoms with Crippen LogP contribution in [0.3, 0.4) is 0 Å². The zero-order valence-electron chi connectivity index (χ0n) is 6.37. The Hall–Kier alpha value is -0.710. The summed E-state index contributed by atoms with van der Waals surface area (Å²) in [5.74, 6) is 0.972. The maximum absolute atomic E-state index is 8.56. The molecule has 4 nitrogen and oxygen atoms in total. The van der Waals surface area contributed by atoms with Gasteiger partial charge in [-0.1, -0.05) is 15.9 Å². The van der Waals surface area contributed by atoms with Gasteiger partial charge in [-0.25, -0.2) is 4.79 Å². The molecule has 0 aromatic carbocycles. The molecular formula is C6H11BrO4. The predicted molar refractivity (Wildman–Crippen MR) is 45.2 cm³/mol. The number of carbonyl (C=O) groups is 1. The summed E-state index contributed by atoms with van der Waals surface area (Å²) in [5.41, 5.74) is 0. The van der Waals surface area contributed by atoms with Gasteiger partial charge in [-0.2, -0.15) is 0 Å². The summed E-state index contributed by atoms with van der Waals surface area (Å²) >= 11 is 3.24. The number of rotatable bonds is 2. The van der Waals surface area contributed by atoms with E-state index in [1.165, 1.54) is 0 Å². The molecule has 2 N–H and O–H groups in total. The van der Waals surface area contributed by atoms with Crippen LogP contribution in [0.25, 0.3) is 0 Å². The van der Waals surface area contributed by atoms with Gasteiger partial charge in [-0.05, 0) is 13.0 Å². The van der Waals surface area contributed by atoms with E-state index >= 15 is 0 Å². The highest BCUT2D eigenvalue weighted by Gasteiger charge is 1.84. The Morgan fingerprint density at radius 1 is 1.64 bits per heavy atom. The quantitative estimate of drug-likeness (QED) is 0.560. The molecule has 0 aromatic heterocycles. The second kappa shape index (κ2) is 9.29. The highest BCUT2D eigenvalue weighted by molar-refractivity contribution is 9.09. The minimum absolute atomic E-state index is 0.806. The number of hydrogen-bond donors (Lipinski definition) is 2. The third kappa shape index (κ3) is 17.6. The van der Waals surface area contributed by atoms with Crippen molar-refractivity contribution >= 4 is 22.1 Å². The molecule has 0 unspecified atom stereocenters. The molecule has 0 heterocycles. The lowest BCUT2D eigenvalue weighted by molar-refractivity contribution is 0.137. The standard InChI is InChI=1S/C5H9BrO.CH2O3/c1-3-5(4-6)7-2;2-1(3)4/h3H,4H2,1-2H3;(H2,2,3,4). The molecule has 0 aliphatic heterocycles. The highest BCUT2D eigenvalue weighted by Crippen LogP contribution is 1.97. The molecule has 0 aromatic rings. The van der Waals surface area contributed by atoms with Gasteiger partial charge in [0.25, 0.3) is 0 Å². The van der Waals surface area contributed by atoms with E-state index in [1.54, 1.807) is 7.11 Å². The smallest absolute Gasteiger partial charge is 0.501 e. The van der Waals surface area contributed by atoms with Gasteiger partial charge in [0.2, 0.25) is 0 Å². The lowest BCUT2D eigenvalue weighted by atomic mass is 10.5. The monoisotopic (exact) mass is 226 g/mol. The van der Waals surface area contributed by atoms with E-state index in [0.717, 1.165) is 11.1 Å². The number of hydrogen-bond acceptors (Lipinski definition) is 2. The van der Waals surface area contributed by atoms with Crippen LogP contribution < -0.4 is 0 Å². The summed E-state index contributed by atoms with van der Waals surface area (Å²) in [6.45, 7) is 1.94. The zero-order chi connectivity index (χ0) is 9.28. The first-order chi connectivity index (χ1) is 5.08. The molecule has 0 radical (unpaired) electrons. The minimum Gasteiger partial charge on any atom is -0.501 e. The van der Waals surface area contributed by atoms with Crippen molar-refractivity contribution in [2.75, 3.05) is 12.4 Å². The predicted octanol–water partition coefficient (Wildman–Crippen LogP) is 2.15. The Morgan fingerprint density at radius 2 is 2.00 bits per heavy atom. The van der Waals surface area contributed by atoms with Crippen molar-refractivity contribution < 1.29 is 19.7 Å².